The number of nitrogens with zero attached hydrogens (tertiary/aromatic N) is 2. The van der Waals surface area contributed by atoms with Crippen LogP contribution >= 0.6 is 0 Å². The highest BCUT2D eigenvalue weighted by Gasteiger charge is 2.28. The monoisotopic (exact) mass is 289 g/mol. The Hall–Kier alpha value is -1.37. The number of rotatable bonds is 5. The highest BCUT2D eigenvalue weighted by atomic mass is 19.4. The number of fused-ring (bicyclic) bond motifs is 1. The third kappa shape index (κ3) is 4.06. The van der Waals surface area contributed by atoms with E-state index in [4.69, 9.17) is 4.74 Å². The second-order valence-electron chi connectivity index (χ2n) is 4.76. The van der Waals surface area contributed by atoms with Gasteiger partial charge < -0.3 is 10.1 Å². The molecule has 0 spiro atoms. The molecular formula is C13H18F3N3O. The van der Waals surface area contributed by atoms with Crippen molar-refractivity contribution in [2.24, 2.45) is 0 Å². The van der Waals surface area contributed by atoms with Gasteiger partial charge in [0.15, 0.2) is 0 Å². The van der Waals surface area contributed by atoms with Gasteiger partial charge in [-0.3, -0.25) is 0 Å². The number of anilines is 1. The standard InChI is InChI=1S/C13H18F3N3O/c1-2-6-17-12-9-8-20-7-4-10(9)18-11(19-12)3-5-13(14,15)16/h2-8H2,1H3,(H,17,18,19). The van der Waals surface area contributed by atoms with E-state index in [-0.39, 0.29) is 12.2 Å². The molecule has 20 heavy (non-hydrogen) atoms. The first-order valence-corrected chi connectivity index (χ1v) is 6.76. The Morgan fingerprint density at radius 2 is 2.10 bits per heavy atom. The van der Waals surface area contributed by atoms with Crippen LogP contribution < -0.4 is 5.32 Å². The Morgan fingerprint density at radius 1 is 1.30 bits per heavy atom. The summed E-state index contributed by atoms with van der Waals surface area (Å²) in [5.74, 6) is 0.871. The van der Waals surface area contributed by atoms with Gasteiger partial charge in [-0.25, -0.2) is 9.97 Å². The van der Waals surface area contributed by atoms with E-state index < -0.39 is 12.6 Å². The van der Waals surface area contributed by atoms with Crippen LogP contribution in [-0.4, -0.2) is 29.3 Å². The van der Waals surface area contributed by atoms with Crippen molar-refractivity contribution >= 4 is 5.82 Å². The Bertz CT molecular complexity index is 463. The molecule has 0 bridgehead atoms. The van der Waals surface area contributed by atoms with Crippen LogP contribution in [0.25, 0.3) is 0 Å². The number of aryl methyl sites for hydroxylation is 1. The SMILES string of the molecule is CCCNc1nc(CCC(F)(F)F)nc2c1COCC2. The average molecular weight is 289 g/mol. The fourth-order valence-electron chi connectivity index (χ4n) is 2.04. The fraction of sp³-hybridized carbons (Fsp3) is 0.692. The van der Waals surface area contributed by atoms with Gasteiger partial charge in [0, 0.05) is 24.9 Å². The van der Waals surface area contributed by atoms with Gasteiger partial charge in [0.2, 0.25) is 0 Å². The number of hydrogen-bond acceptors (Lipinski definition) is 4. The van der Waals surface area contributed by atoms with E-state index >= 15 is 0 Å². The number of halogens is 3. The van der Waals surface area contributed by atoms with E-state index in [9.17, 15) is 13.2 Å². The summed E-state index contributed by atoms with van der Waals surface area (Å²) in [6.07, 6.45) is -3.72. The smallest absolute Gasteiger partial charge is 0.376 e. The summed E-state index contributed by atoms with van der Waals surface area (Å²) < 4.78 is 42.2. The van der Waals surface area contributed by atoms with E-state index in [0.29, 0.717) is 25.5 Å². The molecule has 0 unspecified atom stereocenters. The molecule has 1 aliphatic rings. The van der Waals surface area contributed by atoms with Gasteiger partial charge >= 0.3 is 6.18 Å². The van der Waals surface area contributed by atoms with Crippen LogP contribution in [0.2, 0.25) is 0 Å². The minimum absolute atomic E-state index is 0.182. The second-order valence-corrected chi connectivity index (χ2v) is 4.76. The minimum atomic E-state index is -4.18. The first-order chi connectivity index (χ1) is 9.49. The van der Waals surface area contributed by atoms with Gasteiger partial charge in [0.25, 0.3) is 0 Å². The second kappa shape index (κ2) is 6.39. The van der Waals surface area contributed by atoms with E-state index in [1.54, 1.807) is 0 Å². The predicted molar refractivity (Wildman–Crippen MR) is 68.5 cm³/mol. The Kier molecular flexibility index (Phi) is 4.80. The summed E-state index contributed by atoms with van der Waals surface area (Å²) in [5, 5.41) is 3.15. The molecule has 112 valence electrons. The summed E-state index contributed by atoms with van der Waals surface area (Å²) in [7, 11) is 0. The van der Waals surface area contributed by atoms with Crippen LogP contribution in [-0.2, 0) is 24.2 Å². The maximum absolute atomic E-state index is 12.3. The number of aromatic nitrogens is 2. The number of ether oxygens (including phenoxy) is 1. The molecule has 0 saturated carbocycles. The minimum Gasteiger partial charge on any atom is -0.376 e. The Morgan fingerprint density at radius 3 is 2.80 bits per heavy atom. The van der Waals surface area contributed by atoms with Crippen molar-refractivity contribution in [3.05, 3.63) is 17.1 Å². The third-order valence-corrected chi connectivity index (χ3v) is 3.04. The summed E-state index contributed by atoms with van der Waals surface area (Å²) in [6, 6.07) is 0. The van der Waals surface area contributed by atoms with Crippen LogP contribution in [0.3, 0.4) is 0 Å². The van der Waals surface area contributed by atoms with Gasteiger partial charge in [-0.15, -0.1) is 0 Å². The first kappa shape index (κ1) is 15.0. The third-order valence-electron chi connectivity index (χ3n) is 3.04. The predicted octanol–water partition coefficient (Wildman–Crippen LogP) is 2.87. The van der Waals surface area contributed by atoms with Gasteiger partial charge in [0.1, 0.15) is 11.6 Å². The van der Waals surface area contributed by atoms with E-state index in [2.05, 4.69) is 15.3 Å². The zero-order valence-electron chi connectivity index (χ0n) is 11.4. The lowest BCUT2D eigenvalue weighted by Gasteiger charge is -2.20. The largest absolute Gasteiger partial charge is 0.389 e. The number of nitrogens with one attached hydrogen (secondary N) is 1. The van der Waals surface area contributed by atoms with Crippen molar-refractivity contribution in [2.45, 2.75) is 45.4 Å². The van der Waals surface area contributed by atoms with Crippen molar-refractivity contribution in [3.63, 3.8) is 0 Å². The average Bonchev–Trinajstić information content (AvgIpc) is 2.41. The van der Waals surface area contributed by atoms with Crippen LogP contribution in [0, 0.1) is 0 Å². The maximum Gasteiger partial charge on any atom is 0.389 e. The zero-order valence-corrected chi connectivity index (χ0v) is 11.4. The summed E-state index contributed by atoms with van der Waals surface area (Å²) in [4.78, 5) is 8.48. The number of hydrogen-bond donors (Lipinski definition) is 1. The van der Waals surface area contributed by atoms with Gasteiger partial charge in [-0.2, -0.15) is 13.2 Å². The molecule has 0 amide bonds. The molecule has 7 heteroatoms. The fourth-order valence-corrected chi connectivity index (χ4v) is 2.04. The molecule has 0 radical (unpaired) electrons. The van der Waals surface area contributed by atoms with Gasteiger partial charge in [0.05, 0.1) is 25.3 Å². The molecule has 2 rings (SSSR count). The molecule has 0 fully saturated rings. The molecule has 0 aliphatic carbocycles. The van der Waals surface area contributed by atoms with Gasteiger partial charge in [-0.1, -0.05) is 6.92 Å². The van der Waals surface area contributed by atoms with Crippen LogP contribution in [0.5, 0.6) is 0 Å². The summed E-state index contributed by atoms with van der Waals surface area (Å²) in [5.41, 5.74) is 1.68. The lowest BCUT2D eigenvalue weighted by molar-refractivity contribution is -0.134. The molecule has 2 heterocycles. The normalized spacial score (nSPS) is 15.0. The van der Waals surface area contributed by atoms with Gasteiger partial charge in [-0.05, 0) is 6.42 Å². The first-order valence-electron chi connectivity index (χ1n) is 6.76. The maximum atomic E-state index is 12.3. The topological polar surface area (TPSA) is 47.0 Å². The lowest BCUT2D eigenvalue weighted by Crippen LogP contribution is -2.19. The van der Waals surface area contributed by atoms with Crippen LogP contribution in [0.1, 0.15) is 36.8 Å². The van der Waals surface area contributed by atoms with Crippen molar-refractivity contribution in [1.29, 1.82) is 0 Å². The van der Waals surface area contributed by atoms with Crippen molar-refractivity contribution < 1.29 is 17.9 Å². The quantitative estimate of drug-likeness (QED) is 0.905. The van der Waals surface area contributed by atoms with Crippen molar-refractivity contribution in [1.82, 2.24) is 9.97 Å². The molecular weight excluding hydrogens is 271 g/mol. The van der Waals surface area contributed by atoms with Crippen molar-refractivity contribution in [2.75, 3.05) is 18.5 Å². The van der Waals surface area contributed by atoms with Crippen LogP contribution in [0.15, 0.2) is 0 Å². The molecule has 1 N–H and O–H groups in total. The Labute approximate surface area is 115 Å². The highest BCUT2D eigenvalue weighted by molar-refractivity contribution is 5.47. The molecule has 0 atom stereocenters. The zero-order chi connectivity index (χ0) is 14.6. The molecule has 0 aromatic carbocycles. The van der Waals surface area contributed by atoms with E-state index in [1.807, 2.05) is 6.92 Å². The summed E-state index contributed by atoms with van der Waals surface area (Å²) in [6.45, 7) is 3.71. The molecule has 1 aromatic heterocycles. The summed E-state index contributed by atoms with van der Waals surface area (Å²) >= 11 is 0. The lowest BCUT2D eigenvalue weighted by atomic mass is 10.1. The molecule has 0 saturated heterocycles. The molecule has 4 nitrogen and oxygen atoms in total. The Balaban J connectivity index is 2.20. The molecule has 1 aliphatic heterocycles. The van der Waals surface area contributed by atoms with E-state index in [1.165, 1.54) is 0 Å². The van der Waals surface area contributed by atoms with Crippen molar-refractivity contribution in [3.8, 4) is 0 Å². The number of alkyl halides is 3. The highest BCUT2D eigenvalue weighted by Crippen LogP contribution is 2.25. The molecule has 1 aromatic rings. The van der Waals surface area contributed by atoms with E-state index in [0.717, 1.165) is 24.2 Å². The van der Waals surface area contributed by atoms with Crippen LogP contribution in [0.4, 0.5) is 19.0 Å².